The minimum atomic E-state index is -0.189. The molecule has 0 rings (SSSR count). The van der Waals surface area contributed by atoms with Crippen LogP contribution >= 0.6 is 0 Å². The highest BCUT2D eigenvalue weighted by Gasteiger charge is 1.86. The molecule has 0 aromatic rings. The van der Waals surface area contributed by atoms with Crippen LogP contribution in [-0.4, -0.2) is 17.6 Å². The van der Waals surface area contributed by atoms with Crippen molar-refractivity contribution in [3.05, 3.63) is 12.0 Å². The Morgan fingerprint density at radius 3 is 2.50 bits per heavy atom. The average Bonchev–Trinajstić information content (AvgIpc) is 1.82. The van der Waals surface area contributed by atoms with Crippen molar-refractivity contribution in [2.24, 2.45) is 22.2 Å². The average molecular weight is 144 g/mol. The maximum atomic E-state index is 8.81. The molecule has 7 N–H and O–H groups in total. The van der Waals surface area contributed by atoms with Gasteiger partial charge in [0, 0.05) is 0 Å². The maximum Gasteiger partial charge on any atom is 0.209 e. The molecule has 0 atom stereocenters. The first-order chi connectivity index (χ1) is 4.66. The van der Waals surface area contributed by atoms with Crippen LogP contribution in [0.1, 0.15) is 6.42 Å². The van der Waals surface area contributed by atoms with Gasteiger partial charge in [-0.15, -0.1) is 0 Å². The molecular formula is C5H12N4O. The van der Waals surface area contributed by atoms with Gasteiger partial charge in [0.2, 0.25) is 5.88 Å². The molecule has 0 aliphatic rings. The van der Waals surface area contributed by atoms with Crippen molar-refractivity contribution < 1.29 is 5.11 Å². The summed E-state index contributed by atoms with van der Waals surface area (Å²) in [6, 6.07) is 0. The van der Waals surface area contributed by atoms with Crippen molar-refractivity contribution in [1.29, 1.82) is 0 Å². The van der Waals surface area contributed by atoms with E-state index in [1.807, 2.05) is 0 Å². The lowest BCUT2D eigenvalue weighted by Gasteiger charge is -1.91. The molecule has 0 bridgehead atoms. The van der Waals surface area contributed by atoms with E-state index in [0.29, 0.717) is 13.0 Å². The van der Waals surface area contributed by atoms with Crippen LogP contribution in [0.5, 0.6) is 0 Å². The van der Waals surface area contributed by atoms with Crippen LogP contribution < -0.4 is 17.2 Å². The lowest BCUT2D eigenvalue weighted by molar-refractivity contribution is 0.403. The van der Waals surface area contributed by atoms with Crippen molar-refractivity contribution in [2.45, 2.75) is 6.42 Å². The van der Waals surface area contributed by atoms with Crippen molar-refractivity contribution in [3.8, 4) is 0 Å². The molecule has 0 fully saturated rings. The SMILES string of the molecule is NCC/C=C(\O)N=C(N)N. The van der Waals surface area contributed by atoms with Crippen LogP contribution in [0.25, 0.3) is 0 Å². The Hall–Kier alpha value is -1.23. The summed E-state index contributed by atoms with van der Waals surface area (Å²) in [5.74, 6) is -0.351. The molecule has 0 spiro atoms. The molecule has 5 heteroatoms. The number of rotatable bonds is 3. The van der Waals surface area contributed by atoms with Crippen LogP contribution in [0.3, 0.4) is 0 Å². The van der Waals surface area contributed by atoms with Gasteiger partial charge in [-0.05, 0) is 19.0 Å². The Kier molecular flexibility index (Phi) is 4.06. The number of hydrogen-bond donors (Lipinski definition) is 4. The minimum Gasteiger partial charge on any atom is -0.493 e. The number of hydrogen-bond acceptors (Lipinski definition) is 3. The van der Waals surface area contributed by atoms with Gasteiger partial charge in [0.05, 0.1) is 0 Å². The summed E-state index contributed by atoms with van der Waals surface area (Å²) in [6.07, 6.45) is 2.00. The molecule has 0 unspecified atom stereocenters. The van der Waals surface area contributed by atoms with Gasteiger partial charge in [0.1, 0.15) is 0 Å². The van der Waals surface area contributed by atoms with E-state index in [0.717, 1.165) is 0 Å². The molecule has 0 aliphatic carbocycles. The van der Waals surface area contributed by atoms with E-state index in [1.165, 1.54) is 6.08 Å². The summed E-state index contributed by atoms with van der Waals surface area (Å²) in [5.41, 5.74) is 15.1. The summed E-state index contributed by atoms with van der Waals surface area (Å²) < 4.78 is 0. The van der Waals surface area contributed by atoms with E-state index >= 15 is 0 Å². The van der Waals surface area contributed by atoms with E-state index in [9.17, 15) is 0 Å². The molecule has 58 valence electrons. The first-order valence-electron chi connectivity index (χ1n) is 2.85. The van der Waals surface area contributed by atoms with Gasteiger partial charge < -0.3 is 22.3 Å². The normalized spacial score (nSPS) is 11.1. The van der Waals surface area contributed by atoms with Gasteiger partial charge in [-0.2, -0.15) is 4.99 Å². The summed E-state index contributed by atoms with van der Waals surface area (Å²) in [5, 5.41) is 8.81. The van der Waals surface area contributed by atoms with Crippen LogP contribution in [-0.2, 0) is 0 Å². The minimum absolute atomic E-state index is 0.161. The monoisotopic (exact) mass is 144 g/mol. The van der Waals surface area contributed by atoms with Crippen molar-refractivity contribution >= 4 is 5.96 Å². The Bertz CT molecular complexity index is 148. The standard InChI is InChI=1S/C5H12N4O/c6-3-1-2-4(10)9-5(7)8/h2,10H,1,3,6H2,(H4,7,8,9)/b4-2-. The van der Waals surface area contributed by atoms with E-state index in [2.05, 4.69) is 4.99 Å². The van der Waals surface area contributed by atoms with Gasteiger partial charge in [-0.1, -0.05) is 0 Å². The molecule has 10 heavy (non-hydrogen) atoms. The Morgan fingerprint density at radius 2 is 2.10 bits per heavy atom. The predicted molar refractivity (Wildman–Crippen MR) is 40.2 cm³/mol. The molecule has 0 amide bonds. The van der Waals surface area contributed by atoms with Gasteiger partial charge in [-0.25, -0.2) is 0 Å². The molecule has 5 nitrogen and oxygen atoms in total. The van der Waals surface area contributed by atoms with E-state index < -0.39 is 0 Å². The number of nitrogens with two attached hydrogens (primary N) is 3. The van der Waals surface area contributed by atoms with Crippen molar-refractivity contribution in [1.82, 2.24) is 0 Å². The maximum absolute atomic E-state index is 8.81. The fourth-order valence-electron chi connectivity index (χ4n) is 0.390. The third-order valence-corrected chi connectivity index (χ3v) is 0.737. The number of aliphatic imine (C=N–C) groups is 1. The molecule has 0 aliphatic heterocycles. The van der Waals surface area contributed by atoms with E-state index in [4.69, 9.17) is 22.3 Å². The third kappa shape index (κ3) is 4.92. The van der Waals surface area contributed by atoms with Gasteiger partial charge in [0.15, 0.2) is 5.96 Å². The van der Waals surface area contributed by atoms with E-state index in [-0.39, 0.29) is 11.8 Å². The predicted octanol–water partition coefficient (Wildman–Crippen LogP) is -0.992. The highest BCUT2D eigenvalue weighted by molar-refractivity contribution is 5.76. The molecule has 0 aromatic carbocycles. The quantitative estimate of drug-likeness (QED) is 0.231. The van der Waals surface area contributed by atoms with E-state index in [1.54, 1.807) is 0 Å². The van der Waals surface area contributed by atoms with Crippen LogP contribution in [0.15, 0.2) is 17.0 Å². The fourth-order valence-corrected chi connectivity index (χ4v) is 0.390. The zero-order chi connectivity index (χ0) is 7.98. The highest BCUT2D eigenvalue weighted by Crippen LogP contribution is 1.90. The number of aliphatic hydroxyl groups is 1. The first-order valence-corrected chi connectivity index (χ1v) is 2.85. The first kappa shape index (κ1) is 8.77. The van der Waals surface area contributed by atoms with Crippen LogP contribution in [0, 0.1) is 0 Å². The summed E-state index contributed by atoms with van der Waals surface area (Å²) >= 11 is 0. The molecule has 0 radical (unpaired) electrons. The van der Waals surface area contributed by atoms with Crippen molar-refractivity contribution in [3.63, 3.8) is 0 Å². The summed E-state index contributed by atoms with van der Waals surface area (Å²) in [4.78, 5) is 3.35. The van der Waals surface area contributed by atoms with Gasteiger partial charge >= 0.3 is 0 Å². The topological polar surface area (TPSA) is 111 Å². The molecular weight excluding hydrogens is 132 g/mol. The number of nitrogens with zero attached hydrogens (tertiary/aromatic N) is 1. The Morgan fingerprint density at radius 1 is 1.50 bits per heavy atom. The number of guanidine groups is 1. The van der Waals surface area contributed by atoms with Gasteiger partial charge in [0.25, 0.3) is 0 Å². The van der Waals surface area contributed by atoms with Gasteiger partial charge in [-0.3, -0.25) is 0 Å². The highest BCUT2D eigenvalue weighted by atomic mass is 16.3. The Balaban J connectivity index is 3.82. The number of aliphatic hydroxyl groups excluding tert-OH is 1. The lowest BCUT2D eigenvalue weighted by atomic mass is 10.4. The fraction of sp³-hybridized carbons (Fsp3) is 0.400. The molecule has 0 saturated carbocycles. The molecule has 0 saturated heterocycles. The summed E-state index contributed by atoms with van der Waals surface area (Å²) in [7, 11) is 0. The smallest absolute Gasteiger partial charge is 0.209 e. The summed E-state index contributed by atoms with van der Waals surface area (Å²) in [6.45, 7) is 0.462. The Labute approximate surface area is 59.2 Å². The second-order valence-corrected chi connectivity index (χ2v) is 1.68. The van der Waals surface area contributed by atoms with Crippen LogP contribution in [0.2, 0.25) is 0 Å². The third-order valence-electron chi connectivity index (χ3n) is 0.737. The van der Waals surface area contributed by atoms with Crippen molar-refractivity contribution in [2.75, 3.05) is 6.54 Å². The second-order valence-electron chi connectivity index (χ2n) is 1.68. The lowest BCUT2D eigenvalue weighted by Crippen LogP contribution is -2.22. The zero-order valence-corrected chi connectivity index (χ0v) is 5.62. The second kappa shape index (κ2) is 4.63. The largest absolute Gasteiger partial charge is 0.493 e. The molecule has 0 heterocycles. The van der Waals surface area contributed by atoms with Crippen LogP contribution in [0.4, 0.5) is 0 Å². The molecule has 0 aromatic heterocycles. The zero-order valence-electron chi connectivity index (χ0n) is 5.62.